The van der Waals surface area contributed by atoms with E-state index >= 15 is 0 Å². The molecule has 0 bridgehead atoms. The average molecular weight is 410 g/mol. The molecule has 3 heterocycles. The Morgan fingerprint density at radius 3 is 2.53 bits per heavy atom. The summed E-state index contributed by atoms with van der Waals surface area (Å²) in [4.78, 5) is 28.1. The summed E-state index contributed by atoms with van der Waals surface area (Å²) in [5, 5.41) is 9.49. The Morgan fingerprint density at radius 2 is 1.80 bits per heavy atom. The maximum Gasteiger partial charge on any atom is 0.227 e. The molecule has 30 heavy (non-hydrogen) atoms. The van der Waals surface area contributed by atoms with Crippen LogP contribution in [0.5, 0.6) is 0 Å². The van der Waals surface area contributed by atoms with Crippen LogP contribution < -0.4 is 9.80 Å². The summed E-state index contributed by atoms with van der Waals surface area (Å²) < 4.78 is 0. The van der Waals surface area contributed by atoms with E-state index in [1.165, 1.54) is 5.56 Å². The second kappa shape index (κ2) is 9.43. The number of carbonyl (C=O) groups excluding carboxylic acids is 1. The number of hydrogen-bond donors (Lipinski definition) is 1. The van der Waals surface area contributed by atoms with Crippen LogP contribution >= 0.6 is 0 Å². The number of piperazine rings is 1. The largest absolute Gasteiger partial charge is 0.396 e. The topological polar surface area (TPSA) is 72.8 Å². The predicted octanol–water partition coefficient (Wildman–Crippen LogP) is 1.89. The molecule has 1 aromatic heterocycles. The van der Waals surface area contributed by atoms with Gasteiger partial charge in [-0.2, -0.15) is 0 Å². The highest BCUT2D eigenvalue weighted by atomic mass is 16.3. The molecule has 1 atom stereocenters. The van der Waals surface area contributed by atoms with Gasteiger partial charge in [0.25, 0.3) is 0 Å². The molecule has 0 aliphatic carbocycles. The van der Waals surface area contributed by atoms with Crippen molar-refractivity contribution in [1.82, 2.24) is 14.9 Å². The van der Waals surface area contributed by atoms with E-state index < -0.39 is 0 Å². The van der Waals surface area contributed by atoms with E-state index in [-0.39, 0.29) is 12.5 Å². The Kier molecular flexibility index (Phi) is 6.47. The molecule has 2 saturated heterocycles. The molecule has 1 N–H and O–H groups in total. The Bertz CT molecular complexity index is 866. The first-order chi connectivity index (χ1) is 14.6. The highest BCUT2D eigenvalue weighted by molar-refractivity contribution is 5.79. The Morgan fingerprint density at radius 1 is 1.07 bits per heavy atom. The van der Waals surface area contributed by atoms with E-state index in [2.05, 4.69) is 32.8 Å². The lowest BCUT2D eigenvalue weighted by Gasteiger charge is -2.36. The summed E-state index contributed by atoms with van der Waals surface area (Å²) in [5.74, 6) is 2.35. The van der Waals surface area contributed by atoms with E-state index in [1.807, 2.05) is 29.2 Å². The van der Waals surface area contributed by atoms with Crippen LogP contribution in [0.4, 0.5) is 11.6 Å². The maximum absolute atomic E-state index is 12.7. The molecule has 1 unspecified atom stereocenters. The maximum atomic E-state index is 12.7. The van der Waals surface area contributed by atoms with Crippen LogP contribution in [0.15, 0.2) is 36.7 Å². The van der Waals surface area contributed by atoms with Crippen molar-refractivity contribution in [3.8, 4) is 0 Å². The lowest BCUT2D eigenvalue weighted by atomic mass is 9.99. The third-order valence-corrected chi connectivity index (χ3v) is 6.30. The number of aromatic nitrogens is 2. The molecule has 1 aromatic carbocycles. The molecule has 4 rings (SSSR count). The van der Waals surface area contributed by atoms with Gasteiger partial charge in [-0.25, -0.2) is 9.97 Å². The van der Waals surface area contributed by atoms with Gasteiger partial charge in [0.15, 0.2) is 0 Å². The summed E-state index contributed by atoms with van der Waals surface area (Å²) in [6, 6.07) is 10.1. The zero-order chi connectivity index (χ0) is 20.9. The second-order valence-electron chi connectivity index (χ2n) is 8.34. The lowest BCUT2D eigenvalue weighted by Crippen LogP contribution is -2.49. The molecule has 2 aromatic rings. The van der Waals surface area contributed by atoms with Crippen molar-refractivity contribution < 1.29 is 9.90 Å². The van der Waals surface area contributed by atoms with Gasteiger partial charge in [0.05, 0.1) is 6.42 Å². The molecular formula is C23H31N5O2. The van der Waals surface area contributed by atoms with Gasteiger partial charge < -0.3 is 19.8 Å². The monoisotopic (exact) mass is 409 g/mol. The highest BCUT2D eigenvalue weighted by Crippen LogP contribution is 2.24. The third-order valence-electron chi connectivity index (χ3n) is 6.30. The minimum Gasteiger partial charge on any atom is -0.396 e. The number of rotatable bonds is 5. The number of aliphatic hydroxyl groups is 1. The molecule has 7 nitrogen and oxygen atoms in total. The fourth-order valence-corrected chi connectivity index (χ4v) is 4.37. The smallest absolute Gasteiger partial charge is 0.227 e. The lowest BCUT2D eigenvalue weighted by molar-refractivity contribution is -0.130. The SMILES string of the molecule is Cc1ccccc1CC(=O)N1CCN(c2cc(N3CCCC(CO)C3)ncn2)CC1. The Labute approximate surface area is 178 Å². The van der Waals surface area contributed by atoms with E-state index in [0.717, 1.165) is 56.2 Å². The van der Waals surface area contributed by atoms with E-state index in [1.54, 1.807) is 6.33 Å². The number of aryl methyl sites for hydroxylation is 1. The van der Waals surface area contributed by atoms with Gasteiger partial charge in [-0.1, -0.05) is 24.3 Å². The van der Waals surface area contributed by atoms with Crippen LogP contribution in [0.25, 0.3) is 0 Å². The first kappa shape index (κ1) is 20.6. The highest BCUT2D eigenvalue weighted by Gasteiger charge is 2.24. The molecule has 160 valence electrons. The predicted molar refractivity (Wildman–Crippen MR) is 118 cm³/mol. The zero-order valence-electron chi connectivity index (χ0n) is 17.7. The van der Waals surface area contributed by atoms with Crippen LogP contribution in [0.2, 0.25) is 0 Å². The fraction of sp³-hybridized carbons (Fsp3) is 0.522. The first-order valence-corrected chi connectivity index (χ1v) is 10.9. The third kappa shape index (κ3) is 4.73. The number of piperidine rings is 1. The van der Waals surface area contributed by atoms with Crippen molar-refractivity contribution in [2.24, 2.45) is 5.92 Å². The summed E-state index contributed by atoms with van der Waals surface area (Å²) in [6.07, 6.45) is 4.24. The number of aliphatic hydroxyl groups excluding tert-OH is 1. The molecule has 2 aliphatic heterocycles. The summed E-state index contributed by atoms with van der Waals surface area (Å²) in [7, 11) is 0. The molecule has 0 spiro atoms. The minimum atomic E-state index is 0.190. The van der Waals surface area contributed by atoms with Crippen molar-refractivity contribution >= 4 is 17.5 Å². The first-order valence-electron chi connectivity index (χ1n) is 10.9. The van der Waals surface area contributed by atoms with Crippen LogP contribution in [-0.2, 0) is 11.2 Å². The van der Waals surface area contributed by atoms with Crippen LogP contribution in [0.1, 0.15) is 24.0 Å². The van der Waals surface area contributed by atoms with Gasteiger partial charge in [-0.3, -0.25) is 4.79 Å². The summed E-state index contributed by atoms with van der Waals surface area (Å²) >= 11 is 0. The standard InChI is InChI=1S/C23H31N5O2/c1-18-5-2-3-7-20(18)13-23(30)27-11-9-26(10-12-27)21-14-22(25-17-24-21)28-8-4-6-19(15-28)16-29/h2-3,5,7,14,17,19,29H,4,6,8-13,15-16H2,1H3. The second-order valence-corrected chi connectivity index (χ2v) is 8.34. The molecule has 0 radical (unpaired) electrons. The van der Waals surface area contributed by atoms with Gasteiger partial charge in [0, 0.05) is 51.9 Å². The van der Waals surface area contributed by atoms with Crippen molar-refractivity contribution in [2.45, 2.75) is 26.2 Å². The van der Waals surface area contributed by atoms with Gasteiger partial charge >= 0.3 is 0 Å². The van der Waals surface area contributed by atoms with Crippen LogP contribution in [-0.4, -0.2) is 71.8 Å². The van der Waals surface area contributed by atoms with E-state index in [0.29, 0.717) is 25.4 Å². The molecule has 2 fully saturated rings. The van der Waals surface area contributed by atoms with Gasteiger partial charge in [-0.05, 0) is 36.8 Å². The quantitative estimate of drug-likeness (QED) is 0.813. The van der Waals surface area contributed by atoms with Crippen LogP contribution in [0, 0.1) is 12.8 Å². The van der Waals surface area contributed by atoms with Crippen LogP contribution in [0.3, 0.4) is 0 Å². The summed E-state index contributed by atoms with van der Waals surface area (Å²) in [6.45, 7) is 7.05. The number of anilines is 2. The van der Waals surface area contributed by atoms with Gasteiger partial charge in [0.2, 0.25) is 5.91 Å². The number of carbonyl (C=O) groups is 1. The minimum absolute atomic E-state index is 0.190. The van der Waals surface area contributed by atoms with Crippen molar-refractivity contribution in [2.75, 3.05) is 55.7 Å². The van der Waals surface area contributed by atoms with Crippen molar-refractivity contribution in [3.63, 3.8) is 0 Å². The molecular weight excluding hydrogens is 378 g/mol. The molecule has 0 saturated carbocycles. The average Bonchev–Trinajstić information content (AvgIpc) is 2.81. The number of amides is 1. The Hall–Kier alpha value is -2.67. The molecule has 2 aliphatic rings. The number of nitrogens with zero attached hydrogens (tertiary/aromatic N) is 5. The molecule has 7 heteroatoms. The zero-order valence-corrected chi connectivity index (χ0v) is 17.7. The molecule has 1 amide bonds. The Balaban J connectivity index is 1.35. The van der Waals surface area contributed by atoms with Gasteiger partial charge in [0.1, 0.15) is 18.0 Å². The van der Waals surface area contributed by atoms with E-state index in [9.17, 15) is 9.90 Å². The van der Waals surface area contributed by atoms with Crippen molar-refractivity contribution in [1.29, 1.82) is 0 Å². The summed E-state index contributed by atoms with van der Waals surface area (Å²) in [5.41, 5.74) is 2.27. The van der Waals surface area contributed by atoms with Crippen molar-refractivity contribution in [3.05, 3.63) is 47.8 Å². The van der Waals surface area contributed by atoms with E-state index in [4.69, 9.17) is 0 Å². The number of benzene rings is 1. The number of hydrogen-bond acceptors (Lipinski definition) is 6. The fourth-order valence-electron chi connectivity index (χ4n) is 4.37. The van der Waals surface area contributed by atoms with Gasteiger partial charge in [-0.15, -0.1) is 0 Å². The normalized spacial score (nSPS) is 19.8.